The maximum atomic E-state index is 13.1. The fourth-order valence-corrected chi connectivity index (χ4v) is 3.79. The zero-order valence-electron chi connectivity index (χ0n) is 17.4. The Morgan fingerprint density at radius 2 is 1.58 bits per heavy atom. The molecule has 0 aliphatic carbocycles. The number of rotatable bonds is 7. The predicted octanol–water partition coefficient (Wildman–Crippen LogP) is 6.18. The molecule has 0 unspecified atom stereocenters. The molecule has 0 saturated carbocycles. The van der Waals surface area contributed by atoms with Crippen LogP contribution in [0.5, 0.6) is 11.5 Å². The summed E-state index contributed by atoms with van der Waals surface area (Å²) in [5, 5.41) is 6.43. The Kier molecular flexibility index (Phi) is 6.28. The van der Waals surface area contributed by atoms with Crippen molar-refractivity contribution in [2.75, 3.05) is 23.8 Å². The quantitative estimate of drug-likeness (QED) is 0.398. The minimum absolute atomic E-state index is 0.172. The summed E-state index contributed by atoms with van der Waals surface area (Å²) in [5.41, 5.74) is 4.57. The number of halogens is 1. The maximum Gasteiger partial charge on any atom is 0.258 e. The van der Waals surface area contributed by atoms with E-state index in [2.05, 4.69) is 26.6 Å². The molecule has 0 bridgehead atoms. The van der Waals surface area contributed by atoms with Gasteiger partial charge in [0.2, 0.25) is 0 Å². The van der Waals surface area contributed by atoms with E-state index in [4.69, 9.17) is 9.47 Å². The Labute approximate surface area is 190 Å². The van der Waals surface area contributed by atoms with Crippen LogP contribution < -0.4 is 20.1 Å². The van der Waals surface area contributed by atoms with Gasteiger partial charge in [-0.15, -0.1) is 0 Å². The first-order valence-electron chi connectivity index (χ1n) is 10.2. The van der Waals surface area contributed by atoms with Crippen molar-refractivity contribution < 1.29 is 14.3 Å². The highest BCUT2D eigenvalue weighted by Crippen LogP contribution is 2.43. The molecule has 0 saturated heterocycles. The normalized spacial score (nSPS) is 14.0. The van der Waals surface area contributed by atoms with Crippen molar-refractivity contribution in [1.29, 1.82) is 0 Å². The van der Waals surface area contributed by atoms with E-state index in [1.807, 2.05) is 80.6 Å². The second kappa shape index (κ2) is 9.27. The molecule has 5 nitrogen and oxygen atoms in total. The second-order valence-corrected chi connectivity index (χ2v) is 7.83. The molecule has 2 N–H and O–H groups in total. The number of hydrogen-bond acceptors (Lipinski definition) is 4. The molecule has 3 aromatic rings. The topological polar surface area (TPSA) is 59.6 Å². The number of nitrogens with one attached hydrogen (secondary N) is 2. The molecule has 158 valence electrons. The van der Waals surface area contributed by atoms with Gasteiger partial charge in [0.25, 0.3) is 5.91 Å². The van der Waals surface area contributed by atoms with Gasteiger partial charge >= 0.3 is 0 Å². The predicted molar refractivity (Wildman–Crippen MR) is 128 cm³/mol. The zero-order valence-corrected chi connectivity index (χ0v) is 19.0. The fourth-order valence-electron chi connectivity index (χ4n) is 3.52. The van der Waals surface area contributed by atoms with Crippen molar-refractivity contribution in [3.8, 4) is 11.5 Å². The molecule has 0 aromatic heterocycles. The standard InChI is InChI=1S/C25H23BrN2O3/c1-3-30-21-14-19-20(15-22(21)31-4-2)28-25(29)23(19)24(16-8-6-5-7-9-16)27-18-12-10-17(26)11-13-18/h5-15,27H,3-4H2,1-2H3,(H,28,29). The second-order valence-electron chi connectivity index (χ2n) is 6.91. The third-order valence-electron chi connectivity index (χ3n) is 4.85. The van der Waals surface area contributed by atoms with Crippen molar-refractivity contribution in [3.05, 3.63) is 82.3 Å². The molecular formula is C25H23BrN2O3. The van der Waals surface area contributed by atoms with E-state index in [-0.39, 0.29) is 5.91 Å². The van der Waals surface area contributed by atoms with Gasteiger partial charge in [0, 0.05) is 21.8 Å². The highest BCUT2D eigenvalue weighted by molar-refractivity contribution is 9.10. The molecule has 1 amide bonds. The van der Waals surface area contributed by atoms with E-state index in [9.17, 15) is 4.79 Å². The molecule has 0 spiro atoms. The van der Waals surface area contributed by atoms with Gasteiger partial charge in [-0.2, -0.15) is 0 Å². The lowest BCUT2D eigenvalue weighted by Crippen LogP contribution is -2.10. The Hall–Kier alpha value is -3.25. The molecule has 0 atom stereocenters. The molecule has 0 fully saturated rings. The van der Waals surface area contributed by atoms with Crippen molar-refractivity contribution in [2.24, 2.45) is 0 Å². The average Bonchev–Trinajstić information content (AvgIpc) is 3.09. The van der Waals surface area contributed by atoms with Crippen molar-refractivity contribution >= 4 is 44.5 Å². The van der Waals surface area contributed by atoms with Gasteiger partial charge in [-0.1, -0.05) is 46.3 Å². The first-order valence-corrected chi connectivity index (χ1v) is 11.0. The number of ether oxygens (including phenoxy) is 2. The summed E-state index contributed by atoms with van der Waals surface area (Å²) >= 11 is 3.47. The van der Waals surface area contributed by atoms with Gasteiger partial charge in [0.05, 0.1) is 30.2 Å². The van der Waals surface area contributed by atoms with Gasteiger partial charge in [0.15, 0.2) is 11.5 Å². The number of amides is 1. The average molecular weight is 479 g/mol. The first kappa shape index (κ1) is 21.0. The number of anilines is 2. The van der Waals surface area contributed by atoms with Crippen LogP contribution in [0.2, 0.25) is 0 Å². The molecule has 0 radical (unpaired) electrons. The summed E-state index contributed by atoms with van der Waals surface area (Å²) in [6, 6.07) is 21.4. The molecule has 1 aliphatic heterocycles. The van der Waals surface area contributed by atoms with Crippen LogP contribution in [-0.4, -0.2) is 19.1 Å². The van der Waals surface area contributed by atoms with E-state index in [0.717, 1.165) is 27.0 Å². The highest BCUT2D eigenvalue weighted by atomic mass is 79.9. The zero-order chi connectivity index (χ0) is 21.8. The Bertz CT molecular complexity index is 1130. The summed E-state index contributed by atoms with van der Waals surface area (Å²) in [5.74, 6) is 1.06. The number of carbonyl (C=O) groups excluding carboxylic acids is 1. The third-order valence-corrected chi connectivity index (χ3v) is 5.38. The minimum Gasteiger partial charge on any atom is -0.490 e. The van der Waals surface area contributed by atoms with E-state index in [0.29, 0.717) is 36.0 Å². The minimum atomic E-state index is -0.172. The summed E-state index contributed by atoms with van der Waals surface area (Å²) in [7, 11) is 0. The van der Waals surface area contributed by atoms with Gasteiger partial charge < -0.3 is 20.1 Å². The van der Waals surface area contributed by atoms with Crippen LogP contribution >= 0.6 is 15.9 Å². The van der Waals surface area contributed by atoms with Crippen LogP contribution in [0.1, 0.15) is 25.0 Å². The van der Waals surface area contributed by atoms with Gasteiger partial charge in [0.1, 0.15) is 0 Å². The molecule has 6 heteroatoms. The van der Waals surface area contributed by atoms with Crippen LogP contribution in [0.4, 0.5) is 11.4 Å². The maximum absolute atomic E-state index is 13.1. The Morgan fingerprint density at radius 3 is 2.23 bits per heavy atom. The van der Waals surface area contributed by atoms with Crippen LogP contribution in [0, 0.1) is 0 Å². The lowest BCUT2D eigenvalue weighted by Gasteiger charge is -2.16. The van der Waals surface area contributed by atoms with E-state index in [1.54, 1.807) is 0 Å². The molecule has 31 heavy (non-hydrogen) atoms. The van der Waals surface area contributed by atoms with Gasteiger partial charge in [-0.05, 0) is 49.7 Å². The smallest absolute Gasteiger partial charge is 0.258 e. The summed E-state index contributed by atoms with van der Waals surface area (Å²) in [6.45, 7) is 4.86. The molecular weight excluding hydrogens is 456 g/mol. The lowest BCUT2D eigenvalue weighted by atomic mass is 9.99. The first-order chi connectivity index (χ1) is 15.1. The molecule has 1 heterocycles. The number of hydrogen-bond donors (Lipinski definition) is 2. The fraction of sp³-hybridized carbons (Fsp3) is 0.160. The molecule has 1 aliphatic rings. The van der Waals surface area contributed by atoms with Gasteiger partial charge in [-0.25, -0.2) is 0 Å². The Balaban J connectivity index is 1.89. The van der Waals surface area contributed by atoms with Crippen LogP contribution in [-0.2, 0) is 4.79 Å². The third kappa shape index (κ3) is 4.44. The lowest BCUT2D eigenvalue weighted by molar-refractivity contribution is -0.110. The summed E-state index contributed by atoms with van der Waals surface area (Å²) in [4.78, 5) is 13.1. The molecule has 3 aromatic carbocycles. The SMILES string of the molecule is CCOc1cc2c(cc1OCC)C(=C(Nc1ccc(Br)cc1)c1ccccc1)C(=O)N2. The van der Waals surface area contributed by atoms with Crippen molar-refractivity contribution in [3.63, 3.8) is 0 Å². The molecule has 4 rings (SSSR count). The monoisotopic (exact) mass is 478 g/mol. The van der Waals surface area contributed by atoms with E-state index < -0.39 is 0 Å². The van der Waals surface area contributed by atoms with Crippen LogP contribution in [0.15, 0.2) is 71.2 Å². The van der Waals surface area contributed by atoms with E-state index in [1.165, 1.54) is 0 Å². The number of benzene rings is 3. The van der Waals surface area contributed by atoms with Crippen molar-refractivity contribution in [2.45, 2.75) is 13.8 Å². The van der Waals surface area contributed by atoms with Crippen LogP contribution in [0.3, 0.4) is 0 Å². The Morgan fingerprint density at radius 1 is 0.935 bits per heavy atom. The van der Waals surface area contributed by atoms with E-state index >= 15 is 0 Å². The largest absolute Gasteiger partial charge is 0.490 e. The number of carbonyl (C=O) groups is 1. The van der Waals surface area contributed by atoms with Gasteiger partial charge in [-0.3, -0.25) is 4.79 Å². The van der Waals surface area contributed by atoms with Crippen molar-refractivity contribution in [1.82, 2.24) is 0 Å². The summed E-state index contributed by atoms with van der Waals surface area (Å²) in [6.07, 6.45) is 0. The summed E-state index contributed by atoms with van der Waals surface area (Å²) < 4.78 is 12.5. The number of fused-ring (bicyclic) bond motifs is 1. The highest BCUT2D eigenvalue weighted by Gasteiger charge is 2.30. The van der Waals surface area contributed by atoms with Crippen LogP contribution in [0.25, 0.3) is 11.3 Å².